The molecule has 3 heterocycles. The summed E-state index contributed by atoms with van der Waals surface area (Å²) in [6, 6.07) is 17.2. The summed E-state index contributed by atoms with van der Waals surface area (Å²) in [4.78, 5) is 10.1. The second-order valence-electron chi connectivity index (χ2n) is 8.86. The first kappa shape index (κ1) is 22.1. The molecule has 1 unspecified atom stereocenters. The molecule has 2 aromatic heterocycles. The number of benzene rings is 2. The normalized spacial score (nSPS) is 15.6. The van der Waals surface area contributed by atoms with Crippen LogP contribution in [0.15, 0.2) is 73.7 Å². The van der Waals surface area contributed by atoms with E-state index in [0.717, 1.165) is 55.0 Å². The van der Waals surface area contributed by atoms with Crippen molar-refractivity contribution in [2.45, 2.75) is 31.7 Å². The van der Waals surface area contributed by atoms with Crippen molar-refractivity contribution in [1.82, 2.24) is 14.9 Å². The molecule has 1 aliphatic heterocycles. The number of nitrogens with zero attached hydrogens (tertiary/aromatic N) is 2. The van der Waals surface area contributed by atoms with Crippen molar-refractivity contribution in [3.63, 3.8) is 0 Å². The fourth-order valence-corrected chi connectivity index (χ4v) is 5.16. The average molecular weight is 454 g/mol. The molecule has 0 saturated heterocycles. The van der Waals surface area contributed by atoms with Gasteiger partial charge in [-0.1, -0.05) is 24.8 Å². The van der Waals surface area contributed by atoms with E-state index in [1.165, 1.54) is 27.6 Å². The maximum absolute atomic E-state index is 5.62. The molecule has 0 saturated carbocycles. The van der Waals surface area contributed by atoms with Crippen LogP contribution in [0.3, 0.4) is 0 Å². The molecular weight excluding hydrogens is 422 g/mol. The topological polar surface area (TPSA) is 50.4 Å². The number of hydrogen-bond donors (Lipinski definition) is 1. The smallest absolute Gasteiger partial charge is 0.161 e. The lowest BCUT2D eigenvalue weighted by molar-refractivity contribution is 0.288. The third-order valence-electron chi connectivity index (χ3n) is 7.01. The summed E-state index contributed by atoms with van der Waals surface area (Å²) < 4.78 is 11.2. The Morgan fingerprint density at radius 1 is 1.06 bits per heavy atom. The first-order chi connectivity index (χ1) is 16.7. The molecule has 0 fully saturated rings. The van der Waals surface area contributed by atoms with Gasteiger partial charge >= 0.3 is 0 Å². The van der Waals surface area contributed by atoms with E-state index in [1.54, 1.807) is 14.2 Å². The number of aryl methyl sites for hydroxylation is 1. The molecule has 5 nitrogen and oxygen atoms in total. The van der Waals surface area contributed by atoms with Gasteiger partial charge in [0.2, 0.25) is 0 Å². The molecule has 1 atom stereocenters. The molecule has 2 aromatic carbocycles. The van der Waals surface area contributed by atoms with E-state index in [-0.39, 0.29) is 0 Å². The lowest BCUT2D eigenvalue weighted by Crippen LogP contribution is -2.35. The van der Waals surface area contributed by atoms with Crippen molar-refractivity contribution in [3.05, 3.63) is 96.0 Å². The largest absolute Gasteiger partial charge is 0.493 e. The number of pyridine rings is 1. The van der Waals surface area contributed by atoms with Crippen LogP contribution in [0, 0.1) is 0 Å². The minimum Gasteiger partial charge on any atom is -0.493 e. The van der Waals surface area contributed by atoms with Gasteiger partial charge in [0, 0.05) is 53.3 Å². The third-order valence-corrected chi connectivity index (χ3v) is 7.01. The van der Waals surface area contributed by atoms with Crippen molar-refractivity contribution >= 4 is 16.6 Å². The minimum atomic E-state index is 0.314. The Hall–Kier alpha value is -3.73. The molecule has 0 aliphatic carbocycles. The van der Waals surface area contributed by atoms with Crippen LogP contribution in [0.5, 0.6) is 11.5 Å². The van der Waals surface area contributed by atoms with Gasteiger partial charge in [0.25, 0.3) is 0 Å². The predicted octanol–water partition coefficient (Wildman–Crippen LogP) is 5.65. The van der Waals surface area contributed by atoms with E-state index < -0.39 is 0 Å². The molecule has 1 aliphatic rings. The van der Waals surface area contributed by atoms with Gasteiger partial charge in [-0.15, -0.1) is 0 Å². The highest BCUT2D eigenvalue weighted by Gasteiger charge is 2.27. The third kappa shape index (κ3) is 4.26. The SMILES string of the molecule is C=C(c1ccncc1)N1CCc2cc(OC)c(OC)cc2CC1CCc1c[nH]c2ccccc12. The van der Waals surface area contributed by atoms with Crippen molar-refractivity contribution in [3.8, 4) is 11.5 Å². The van der Waals surface area contributed by atoms with Crippen LogP contribution in [-0.2, 0) is 19.3 Å². The molecule has 0 bridgehead atoms. The molecular formula is C29H31N3O2. The summed E-state index contributed by atoms with van der Waals surface area (Å²) in [7, 11) is 3.40. The fourth-order valence-electron chi connectivity index (χ4n) is 5.16. The monoisotopic (exact) mass is 453 g/mol. The van der Waals surface area contributed by atoms with Gasteiger partial charge in [-0.25, -0.2) is 0 Å². The van der Waals surface area contributed by atoms with Crippen molar-refractivity contribution in [1.29, 1.82) is 0 Å². The van der Waals surface area contributed by atoms with E-state index in [4.69, 9.17) is 9.47 Å². The van der Waals surface area contributed by atoms with Gasteiger partial charge in [0.1, 0.15) is 0 Å². The number of methoxy groups -OCH3 is 2. The molecule has 5 rings (SSSR count). The van der Waals surface area contributed by atoms with Crippen LogP contribution in [0.1, 0.15) is 28.7 Å². The Kier molecular flexibility index (Phi) is 6.26. The summed E-state index contributed by atoms with van der Waals surface area (Å²) in [5, 5.41) is 1.31. The van der Waals surface area contributed by atoms with E-state index >= 15 is 0 Å². The lowest BCUT2D eigenvalue weighted by Gasteiger charge is -2.34. The summed E-state index contributed by atoms with van der Waals surface area (Å²) in [6.45, 7) is 5.41. The Labute approximate surface area is 201 Å². The Bertz CT molecular complexity index is 1300. The van der Waals surface area contributed by atoms with Gasteiger partial charge in [-0.2, -0.15) is 0 Å². The Morgan fingerprint density at radius 2 is 1.79 bits per heavy atom. The van der Waals surface area contributed by atoms with Gasteiger partial charge in [0.15, 0.2) is 11.5 Å². The van der Waals surface area contributed by atoms with Crippen LogP contribution in [0.25, 0.3) is 16.6 Å². The quantitative estimate of drug-likeness (QED) is 0.393. The number of aromatic nitrogens is 2. The van der Waals surface area contributed by atoms with Crippen molar-refractivity contribution in [2.24, 2.45) is 0 Å². The molecule has 4 aromatic rings. The van der Waals surface area contributed by atoms with Gasteiger partial charge in [0.05, 0.1) is 14.2 Å². The minimum absolute atomic E-state index is 0.314. The van der Waals surface area contributed by atoms with Crippen LogP contribution in [0.2, 0.25) is 0 Å². The Balaban J connectivity index is 1.47. The standard InChI is InChI=1S/C29H31N3O2/c1-20(21-10-13-30-14-11-21)32-15-12-22-17-28(33-2)29(34-3)18-24(22)16-25(32)9-8-23-19-31-27-7-5-4-6-26(23)27/h4-7,10-11,13-14,17-19,25,31H,1,8-9,12,15-16H2,2-3H3. The van der Waals surface area contributed by atoms with E-state index in [0.29, 0.717) is 6.04 Å². The first-order valence-corrected chi connectivity index (χ1v) is 11.8. The number of nitrogens with one attached hydrogen (secondary N) is 1. The number of H-pyrrole nitrogens is 1. The molecule has 1 N–H and O–H groups in total. The molecule has 5 heteroatoms. The number of para-hydroxylation sites is 1. The maximum Gasteiger partial charge on any atom is 0.161 e. The summed E-state index contributed by atoms with van der Waals surface area (Å²) in [6.07, 6.45) is 9.72. The lowest BCUT2D eigenvalue weighted by atomic mass is 9.95. The summed E-state index contributed by atoms with van der Waals surface area (Å²) >= 11 is 0. The zero-order chi connectivity index (χ0) is 23.5. The highest BCUT2D eigenvalue weighted by Crippen LogP contribution is 2.36. The zero-order valence-corrected chi connectivity index (χ0v) is 19.9. The number of rotatable bonds is 7. The van der Waals surface area contributed by atoms with Crippen LogP contribution in [0.4, 0.5) is 0 Å². The predicted molar refractivity (Wildman–Crippen MR) is 137 cm³/mol. The fraction of sp³-hybridized carbons (Fsp3) is 0.276. The molecule has 0 amide bonds. The Morgan fingerprint density at radius 3 is 2.56 bits per heavy atom. The molecule has 174 valence electrons. The first-order valence-electron chi connectivity index (χ1n) is 11.8. The average Bonchev–Trinajstić information content (AvgIpc) is 3.21. The van der Waals surface area contributed by atoms with Crippen molar-refractivity contribution < 1.29 is 9.47 Å². The second kappa shape index (κ2) is 9.64. The summed E-state index contributed by atoms with van der Waals surface area (Å²) in [5.41, 5.74) is 7.37. The van der Waals surface area contributed by atoms with Gasteiger partial charge < -0.3 is 19.4 Å². The molecule has 0 radical (unpaired) electrons. The van der Waals surface area contributed by atoms with Crippen LogP contribution in [-0.4, -0.2) is 41.7 Å². The van der Waals surface area contributed by atoms with E-state index in [1.807, 2.05) is 24.5 Å². The molecule has 0 spiro atoms. The molecule has 34 heavy (non-hydrogen) atoms. The van der Waals surface area contributed by atoms with E-state index in [9.17, 15) is 0 Å². The van der Waals surface area contributed by atoms with Crippen molar-refractivity contribution in [2.75, 3.05) is 20.8 Å². The maximum atomic E-state index is 5.62. The highest BCUT2D eigenvalue weighted by atomic mass is 16.5. The van der Waals surface area contributed by atoms with Crippen LogP contribution < -0.4 is 9.47 Å². The number of fused-ring (bicyclic) bond motifs is 2. The van der Waals surface area contributed by atoms with Crippen LogP contribution >= 0.6 is 0 Å². The van der Waals surface area contributed by atoms with Gasteiger partial charge in [-0.05, 0) is 72.7 Å². The van der Waals surface area contributed by atoms with Gasteiger partial charge in [-0.3, -0.25) is 4.98 Å². The number of ether oxygens (including phenoxy) is 2. The van der Waals surface area contributed by atoms with E-state index in [2.05, 4.69) is 64.0 Å². The number of hydrogen-bond acceptors (Lipinski definition) is 4. The summed E-state index contributed by atoms with van der Waals surface area (Å²) in [5.74, 6) is 1.58. The highest BCUT2D eigenvalue weighted by molar-refractivity contribution is 5.83. The zero-order valence-electron chi connectivity index (χ0n) is 19.9. The number of aromatic amines is 1. The second-order valence-corrected chi connectivity index (χ2v) is 8.86.